The molecule has 0 radical (unpaired) electrons. The fourth-order valence-corrected chi connectivity index (χ4v) is 2.31. The van der Waals surface area contributed by atoms with Crippen LogP contribution in [0.25, 0.3) is 0 Å². The first-order chi connectivity index (χ1) is 10.0. The van der Waals surface area contributed by atoms with E-state index in [9.17, 15) is 4.79 Å². The zero-order chi connectivity index (χ0) is 15.4. The summed E-state index contributed by atoms with van der Waals surface area (Å²) in [6.07, 6.45) is 1.00. The van der Waals surface area contributed by atoms with Gasteiger partial charge >= 0.3 is 0 Å². The maximum atomic E-state index is 12.3. The molecule has 0 heterocycles. The first-order valence-corrected chi connectivity index (χ1v) is 7.34. The predicted molar refractivity (Wildman–Crippen MR) is 87.6 cm³/mol. The number of hydrogen-bond donors (Lipinski definition) is 2. The zero-order valence-electron chi connectivity index (χ0n) is 12.2. The highest BCUT2D eigenvalue weighted by Crippen LogP contribution is 2.23. The summed E-state index contributed by atoms with van der Waals surface area (Å²) in [5.74, 6) is -0.220. The van der Waals surface area contributed by atoms with Gasteiger partial charge in [0, 0.05) is 0 Å². The number of nitrogens with one attached hydrogen (secondary N) is 1. The summed E-state index contributed by atoms with van der Waals surface area (Å²) in [5, 5.41) is 3.33. The summed E-state index contributed by atoms with van der Waals surface area (Å²) in [6, 6.07) is 13.2. The van der Waals surface area contributed by atoms with Crippen LogP contribution in [0.4, 0.5) is 5.69 Å². The van der Waals surface area contributed by atoms with Crippen LogP contribution in [0.3, 0.4) is 0 Å². The third kappa shape index (κ3) is 3.56. The van der Waals surface area contributed by atoms with Gasteiger partial charge in [-0.25, -0.2) is 0 Å². The highest BCUT2D eigenvalue weighted by atomic mass is 35.5. The quantitative estimate of drug-likeness (QED) is 0.839. The minimum atomic E-state index is -0.220. The lowest BCUT2D eigenvalue weighted by Crippen LogP contribution is -2.27. The predicted octanol–water partition coefficient (Wildman–Crippen LogP) is 3.98. The van der Waals surface area contributed by atoms with Crippen molar-refractivity contribution < 1.29 is 4.79 Å². The Kier molecular flexibility index (Phi) is 4.86. The Balaban J connectivity index is 2.12. The summed E-state index contributed by atoms with van der Waals surface area (Å²) < 4.78 is 0. The Labute approximate surface area is 130 Å². The van der Waals surface area contributed by atoms with Gasteiger partial charge in [-0.15, -0.1) is 0 Å². The molecule has 0 aliphatic rings. The molecule has 0 saturated heterocycles. The minimum absolute atomic E-state index is 0.0956. The molecular formula is C17H19ClN2O. The smallest absolute Gasteiger partial charge is 0.253 e. The number of benzene rings is 2. The van der Waals surface area contributed by atoms with Gasteiger partial charge in [-0.2, -0.15) is 0 Å². The van der Waals surface area contributed by atoms with E-state index in [-0.39, 0.29) is 11.9 Å². The third-order valence-electron chi connectivity index (χ3n) is 3.53. The van der Waals surface area contributed by atoms with Crippen LogP contribution in [0.15, 0.2) is 42.5 Å². The summed E-state index contributed by atoms with van der Waals surface area (Å²) in [5.41, 5.74) is 8.89. The number of carbonyl (C=O) groups excluding carboxylic acids is 1. The van der Waals surface area contributed by atoms with Gasteiger partial charge in [-0.05, 0) is 36.6 Å². The molecular weight excluding hydrogens is 284 g/mol. The maximum absolute atomic E-state index is 12.3. The van der Waals surface area contributed by atoms with Crippen LogP contribution in [0.5, 0.6) is 0 Å². The molecule has 110 valence electrons. The van der Waals surface area contributed by atoms with Crippen LogP contribution in [-0.2, 0) is 6.42 Å². The van der Waals surface area contributed by atoms with E-state index in [2.05, 4.69) is 24.4 Å². The number of nitrogens with two attached hydrogens (primary N) is 1. The second kappa shape index (κ2) is 6.64. The van der Waals surface area contributed by atoms with E-state index in [1.54, 1.807) is 18.2 Å². The van der Waals surface area contributed by atoms with Gasteiger partial charge in [-0.3, -0.25) is 4.79 Å². The van der Waals surface area contributed by atoms with E-state index >= 15 is 0 Å². The number of aryl methyl sites for hydroxylation is 1. The number of nitrogen functional groups attached to an aromatic ring is 1. The minimum Gasteiger partial charge on any atom is -0.397 e. The summed E-state index contributed by atoms with van der Waals surface area (Å²) in [7, 11) is 0. The van der Waals surface area contributed by atoms with Gasteiger partial charge in [0.25, 0.3) is 5.91 Å². The average Bonchev–Trinajstić information content (AvgIpc) is 2.50. The van der Waals surface area contributed by atoms with Crippen LogP contribution < -0.4 is 11.1 Å². The summed E-state index contributed by atoms with van der Waals surface area (Å²) in [6.45, 7) is 4.06. The van der Waals surface area contributed by atoms with Crippen molar-refractivity contribution in [3.8, 4) is 0 Å². The maximum Gasteiger partial charge on any atom is 0.253 e. The molecule has 2 aromatic carbocycles. The van der Waals surface area contributed by atoms with Crippen LogP contribution >= 0.6 is 11.6 Å². The van der Waals surface area contributed by atoms with Crippen LogP contribution in [0.1, 0.15) is 41.4 Å². The van der Waals surface area contributed by atoms with Crippen LogP contribution in [-0.4, -0.2) is 5.91 Å². The van der Waals surface area contributed by atoms with Gasteiger partial charge in [0.2, 0.25) is 0 Å². The molecule has 0 fully saturated rings. The van der Waals surface area contributed by atoms with Crippen molar-refractivity contribution >= 4 is 23.2 Å². The second-order valence-electron chi connectivity index (χ2n) is 4.99. The monoisotopic (exact) mass is 302 g/mol. The normalized spacial score (nSPS) is 12.0. The lowest BCUT2D eigenvalue weighted by atomic mass is 10.0. The first kappa shape index (κ1) is 15.4. The molecule has 2 aromatic rings. The third-order valence-corrected chi connectivity index (χ3v) is 3.86. The van der Waals surface area contributed by atoms with Crippen LogP contribution in [0.2, 0.25) is 5.02 Å². The van der Waals surface area contributed by atoms with Crippen molar-refractivity contribution in [2.24, 2.45) is 0 Å². The molecule has 3 nitrogen and oxygen atoms in total. The van der Waals surface area contributed by atoms with Crippen molar-refractivity contribution in [3.63, 3.8) is 0 Å². The van der Waals surface area contributed by atoms with Crippen molar-refractivity contribution in [2.45, 2.75) is 26.3 Å². The number of anilines is 1. The molecule has 0 saturated carbocycles. The highest BCUT2D eigenvalue weighted by Gasteiger charge is 2.15. The Hall–Kier alpha value is -2.00. The number of rotatable bonds is 4. The SMILES string of the molecule is CCc1ccc(C(C)NC(=O)c2cccc(Cl)c2N)cc1. The van der Waals surface area contributed by atoms with Gasteiger partial charge in [0.1, 0.15) is 0 Å². The highest BCUT2D eigenvalue weighted by molar-refractivity contribution is 6.33. The first-order valence-electron chi connectivity index (χ1n) is 6.96. The molecule has 0 spiro atoms. The van der Waals surface area contributed by atoms with Crippen molar-refractivity contribution in [1.82, 2.24) is 5.32 Å². The molecule has 0 bridgehead atoms. The molecule has 3 N–H and O–H groups in total. The Bertz CT molecular complexity index is 638. The number of hydrogen-bond acceptors (Lipinski definition) is 2. The van der Waals surface area contributed by atoms with E-state index < -0.39 is 0 Å². The van der Waals surface area contributed by atoms with Crippen molar-refractivity contribution in [3.05, 3.63) is 64.2 Å². The molecule has 2 rings (SSSR count). The van der Waals surface area contributed by atoms with Gasteiger partial charge < -0.3 is 11.1 Å². The van der Waals surface area contributed by atoms with Gasteiger partial charge in [0.05, 0.1) is 22.3 Å². The fourth-order valence-electron chi connectivity index (χ4n) is 2.13. The van der Waals surface area contributed by atoms with Crippen molar-refractivity contribution in [1.29, 1.82) is 0 Å². The Morgan fingerprint density at radius 3 is 2.52 bits per heavy atom. The van der Waals surface area contributed by atoms with E-state index in [0.717, 1.165) is 12.0 Å². The number of para-hydroxylation sites is 1. The topological polar surface area (TPSA) is 55.1 Å². The molecule has 0 aliphatic carbocycles. The number of halogens is 1. The summed E-state index contributed by atoms with van der Waals surface area (Å²) >= 11 is 5.94. The van der Waals surface area contributed by atoms with E-state index in [4.69, 9.17) is 17.3 Å². The molecule has 0 aromatic heterocycles. The Morgan fingerprint density at radius 2 is 1.90 bits per heavy atom. The van der Waals surface area contributed by atoms with E-state index in [1.165, 1.54) is 5.56 Å². The Morgan fingerprint density at radius 1 is 1.24 bits per heavy atom. The summed E-state index contributed by atoms with van der Waals surface area (Å²) in [4.78, 5) is 12.3. The van der Waals surface area contributed by atoms with Crippen molar-refractivity contribution in [2.75, 3.05) is 5.73 Å². The molecule has 1 atom stereocenters. The molecule has 1 amide bonds. The largest absolute Gasteiger partial charge is 0.397 e. The molecule has 0 aliphatic heterocycles. The fraction of sp³-hybridized carbons (Fsp3) is 0.235. The molecule has 1 unspecified atom stereocenters. The number of carbonyl (C=O) groups is 1. The van der Waals surface area contributed by atoms with Gasteiger partial charge in [0.15, 0.2) is 0 Å². The van der Waals surface area contributed by atoms with Crippen LogP contribution in [0, 0.1) is 0 Å². The van der Waals surface area contributed by atoms with E-state index in [1.807, 2.05) is 19.1 Å². The lowest BCUT2D eigenvalue weighted by molar-refractivity contribution is 0.0941. The van der Waals surface area contributed by atoms with Gasteiger partial charge in [-0.1, -0.05) is 48.9 Å². The standard InChI is InChI=1S/C17H19ClN2O/c1-3-12-7-9-13(10-8-12)11(2)20-17(21)14-5-4-6-15(18)16(14)19/h4-11H,3,19H2,1-2H3,(H,20,21). The number of amides is 1. The molecule has 4 heteroatoms. The zero-order valence-corrected chi connectivity index (χ0v) is 12.9. The average molecular weight is 303 g/mol. The second-order valence-corrected chi connectivity index (χ2v) is 5.40. The molecule has 21 heavy (non-hydrogen) atoms. The van der Waals surface area contributed by atoms with E-state index in [0.29, 0.717) is 16.3 Å². The lowest BCUT2D eigenvalue weighted by Gasteiger charge is -2.16.